The molecule has 0 spiro atoms. The molecule has 2 fully saturated rings. The van der Waals surface area contributed by atoms with Crippen molar-refractivity contribution in [3.63, 3.8) is 0 Å². The molecule has 2 aromatic rings. The van der Waals surface area contributed by atoms with E-state index in [1.54, 1.807) is 31.2 Å². The van der Waals surface area contributed by atoms with Crippen LogP contribution < -0.4 is 14.8 Å². The second-order valence-corrected chi connectivity index (χ2v) is 11.6. The number of rotatable bonds is 8. The zero-order valence-electron chi connectivity index (χ0n) is 23.3. The van der Waals surface area contributed by atoms with Gasteiger partial charge in [0, 0.05) is 24.7 Å². The molecule has 5 atom stereocenters. The fraction of sp³-hybridized carbons (Fsp3) is 0.571. The molecule has 1 amide bonds. The molecule has 218 valence electrons. The Bertz CT molecular complexity index is 1220. The van der Waals surface area contributed by atoms with Gasteiger partial charge < -0.3 is 29.5 Å². The van der Waals surface area contributed by atoms with Crippen LogP contribution in [0.25, 0.3) is 0 Å². The molecular formula is C28H36F2N4O6. The van der Waals surface area contributed by atoms with Crippen molar-refractivity contribution in [3.05, 3.63) is 42.1 Å². The molecule has 0 radical (unpaired) electrons. The number of carboxylic acid groups (broad SMARTS) is 1. The van der Waals surface area contributed by atoms with Gasteiger partial charge in [0.2, 0.25) is 17.7 Å². The van der Waals surface area contributed by atoms with E-state index in [0.29, 0.717) is 31.0 Å². The fourth-order valence-corrected chi connectivity index (χ4v) is 5.89. The van der Waals surface area contributed by atoms with E-state index in [1.165, 1.54) is 24.1 Å². The lowest BCUT2D eigenvalue weighted by molar-refractivity contribution is -0.161. The molecule has 2 saturated heterocycles. The Morgan fingerprint density at radius 1 is 1.18 bits per heavy atom. The summed E-state index contributed by atoms with van der Waals surface area (Å²) in [5.41, 5.74) is -1.15. The zero-order chi connectivity index (χ0) is 29.2. The standard InChI is InChI=1S/C28H36F2N4O6/c1-27(2,3)20-21(33-17-10-7-12-19(32-17)40-26(29)30)22(16-9-6-11-18(31-16)38-5)34(23(20)24(35)36)25(37)28(4)13-8-14-39-15-28/h6-7,9-12,20-23,26H,8,13-15H2,1-5H3,(H,32,33)(H,35,36)/t20-,21-,22-,23-,28?/m0/s1. The number of pyridine rings is 2. The van der Waals surface area contributed by atoms with Crippen LogP contribution in [0.2, 0.25) is 0 Å². The van der Waals surface area contributed by atoms with E-state index in [1.807, 2.05) is 20.8 Å². The van der Waals surface area contributed by atoms with Crippen LogP contribution in [0.5, 0.6) is 11.8 Å². The molecule has 0 saturated carbocycles. The molecule has 4 heterocycles. The Balaban J connectivity index is 1.90. The second kappa shape index (κ2) is 11.5. The minimum Gasteiger partial charge on any atom is -0.481 e. The third kappa shape index (κ3) is 5.96. The van der Waals surface area contributed by atoms with Crippen molar-refractivity contribution in [2.45, 2.75) is 65.3 Å². The Morgan fingerprint density at radius 3 is 2.48 bits per heavy atom. The highest BCUT2D eigenvalue weighted by molar-refractivity contribution is 5.89. The number of carboxylic acids is 1. The van der Waals surface area contributed by atoms with Gasteiger partial charge >= 0.3 is 12.6 Å². The Labute approximate surface area is 232 Å². The van der Waals surface area contributed by atoms with Crippen molar-refractivity contribution in [3.8, 4) is 11.8 Å². The topological polar surface area (TPSA) is 123 Å². The largest absolute Gasteiger partial charge is 0.481 e. The number of alkyl halides is 2. The first-order chi connectivity index (χ1) is 18.9. The molecule has 0 aliphatic carbocycles. The second-order valence-electron chi connectivity index (χ2n) is 11.6. The van der Waals surface area contributed by atoms with E-state index >= 15 is 0 Å². The van der Waals surface area contributed by atoms with Crippen LogP contribution in [-0.4, -0.2) is 70.9 Å². The number of halogens is 2. The predicted octanol–water partition coefficient (Wildman–Crippen LogP) is 4.38. The third-order valence-electron chi connectivity index (χ3n) is 7.61. The molecule has 4 rings (SSSR count). The van der Waals surface area contributed by atoms with Gasteiger partial charge in [-0.2, -0.15) is 13.8 Å². The summed E-state index contributed by atoms with van der Waals surface area (Å²) in [5.74, 6) is -1.97. The molecule has 12 heteroatoms. The number of likely N-dealkylation sites (tertiary alicyclic amines) is 1. The molecule has 0 aromatic carbocycles. The third-order valence-corrected chi connectivity index (χ3v) is 7.61. The number of aliphatic carboxylic acids is 1. The van der Waals surface area contributed by atoms with Gasteiger partial charge in [-0.3, -0.25) is 4.79 Å². The van der Waals surface area contributed by atoms with Gasteiger partial charge in [-0.1, -0.05) is 32.9 Å². The van der Waals surface area contributed by atoms with Crippen LogP contribution in [0, 0.1) is 16.7 Å². The maximum atomic E-state index is 14.4. The molecule has 1 unspecified atom stereocenters. The lowest BCUT2D eigenvalue weighted by atomic mass is 9.72. The van der Waals surface area contributed by atoms with Gasteiger partial charge in [0.05, 0.1) is 36.9 Å². The number of methoxy groups -OCH3 is 1. The lowest BCUT2D eigenvalue weighted by Crippen LogP contribution is -2.53. The first-order valence-electron chi connectivity index (χ1n) is 13.2. The predicted molar refractivity (Wildman–Crippen MR) is 141 cm³/mol. The molecule has 0 bridgehead atoms. The Hall–Kier alpha value is -3.54. The summed E-state index contributed by atoms with van der Waals surface area (Å²) in [5, 5.41) is 13.9. The van der Waals surface area contributed by atoms with Gasteiger partial charge in [0.1, 0.15) is 11.9 Å². The maximum absolute atomic E-state index is 14.4. The van der Waals surface area contributed by atoms with Crippen molar-refractivity contribution in [2.24, 2.45) is 16.7 Å². The average molecular weight is 563 g/mol. The molecule has 2 N–H and O–H groups in total. The normalized spacial score (nSPS) is 26.9. The molecule has 2 aliphatic rings. The van der Waals surface area contributed by atoms with Crippen molar-refractivity contribution >= 4 is 17.7 Å². The summed E-state index contributed by atoms with van der Waals surface area (Å²) in [4.78, 5) is 37.6. The van der Waals surface area contributed by atoms with Crippen LogP contribution >= 0.6 is 0 Å². The smallest absolute Gasteiger partial charge is 0.388 e. The highest BCUT2D eigenvalue weighted by Crippen LogP contribution is 2.50. The number of hydrogen-bond donors (Lipinski definition) is 2. The lowest BCUT2D eigenvalue weighted by Gasteiger charge is -2.40. The summed E-state index contributed by atoms with van der Waals surface area (Å²) < 4.78 is 41.3. The number of anilines is 1. The summed E-state index contributed by atoms with van der Waals surface area (Å²) in [6, 6.07) is 6.65. The minimum absolute atomic E-state index is 0.166. The highest BCUT2D eigenvalue weighted by atomic mass is 19.3. The van der Waals surface area contributed by atoms with Gasteiger partial charge in [-0.05, 0) is 37.3 Å². The zero-order valence-corrected chi connectivity index (χ0v) is 23.3. The van der Waals surface area contributed by atoms with Crippen molar-refractivity contribution < 1.29 is 37.7 Å². The van der Waals surface area contributed by atoms with E-state index in [4.69, 9.17) is 9.47 Å². The minimum atomic E-state index is -3.06. The molecular weight excluding hydrogens is 526 g/mol. The quantitative estimate of drug-likeness (QED) is 0.482. The van der Waals surface area contributed by atoms with E-state index in [9.17, 15) is 23.5 Å². The van der Waals surface area contributed by atoms with Gasteiger partial charge in [0.25, 0.3) is 0 Å². The SMILES string of the molecule is COc1cccc([C@H]2[C@@H](Nc3cccc(OC(F)F)n3)[C@H](C(C)(C)C)[C@@H](C(=O)O)N2C(=O)C2(C)CCCOC2)n1. The van der Waals surface area contributed by atoms with Gasteiger partial charge in [0.15, 0.2) is 0 Å². The molecule has 2 aliphatic heterocycles. The number of carbonyl (C=O) groups is 2. The highest BCUT2D eigenvalue weighted by Gasteiger charge is 2.60. The summed E-state index contributed by atoms with van der Waals surface area (Å²) >= 11 is 0. The summed E-state index contributed by atoms with van der Waals surface area (Å²) in [6.45, 7) is 5.14. The molecule has 2 aromatic heterocycles. The first-order valence-corrected chi connectivity index (χ1v) is 13.2. The van der Waals surface area contributed by atoms with E-state index in [0.717, 1.165) is 0 Å². The monoisotopic (exact) mass is 562 g/mol. The fourth-order valence-electron chi connectivity index (χ4n) is 5.89. The van der Waals surface area contributed by atoms with E-state index in [-0.39, 0.29) is 24.2 Å². The van der Waals surface area contributed by atoms with Crippen molar-refractivity contribution in [1.29, 1.82) is 0 Å². The van der Waals surface area contributed by atoms with Crippen LogP contribution in [0.4, 0.5) is 14.6 Å². The number of hydrogen-bond acceptors (Lipinski definition) is 8. The number of amides is 1. The Morgan fingerprint density at radius 2 is 1.88 bits per heavy atom. The van der Waals surface area contributed by atoms with Crippen LogP contribution in [0.15, 0.2) is 36.4 Å². The molecule has 10 nitrogen and oxygen atoms in total. The van der Waals surface area contributed by atoms with Crippen LogP contribution in [0.1, 0.15) is 52.3 Å². The number of ether oxygens (including phenoxy) is 3. The van der Waals surface area contributed by atoms with Crippen molar-refractivity contribution in [2.75, 3.05) is 25.6 Å². The van der Waals surface area contributed by atoms with Gasteiger partial charge in [-0.15, -0.1) is 0 Å². The number of nitrogens with zero attached hydrogens (tertiary/aromatic N) is 3. The number of nitrogens with one attached hydrogen (secondary N) is 1. The maximum Gasteiger partial charge on any atom is 0.388 e. The number of carbonyl (C=O) groups excluding carboxylic acids is 1. The summed E-state index contributed by atoms with van der Waals surface area (Å²) in [6.07, 6.45) is 1.21. The molecule has 40 heavy (non-hydrogen) atoms. The first kappa shape index (κ1) is 29.4. The van der Waals surface area contributed by atoms with E-state index < -0.39 is 47.5 Å². The van der Waals surface area contributed by atoms with E-state index in [2.05, 4.69) is 20.0 Å². The summed E-state index contributed by atoms with van der Waals surface area (Å²) in [7, 11) is 1.47. The average Bonchev–Trinajstić information content (AvgIpc) is 3.24. The van der Waals surface area contributed by atoms with Crippen LogP contribution in [0.3, 0.4) is 0 Å². The van der Waals surface area contributed by atoms with Gasteiger partial charge in [-0.25, -0.2) is 9.78 Å². The Kier molecular flexibility index (Phi) is 8.48. The number of aromatic nitrogens is 2. The van der Waals surface area contributed by atoms with Crippen molar-refractivity contribution in [1.82, 2.24) is 14.9 Å². The van der Waals surface area contributed by atoms with Crippen LogP contribution in [-0.2, 0) is 14.3 Å².